The number of aliphatic imine (C=N–C) groups is 2. The van der Waals surface area contributed by atoms with Gasteiger partial charge in [0, 0.05) is 39.9 Å². The maximum Gasteiger partial charge on any atom is 0.159 e. The minimum absolute atomic E-state index is 0.352. The molecule has 5 heteroatoms. The van der Waals surface area contributed by atoms with Crippen LogP contribution in [0.3, 0.4) is 0 Å². The summed E-state index contributed by atoms with van der Waals surface area (Å²) in [6.07, 6.45) is 3.46. The van der Waals surface area contributed by atoms with E-state index in [1.807, 2.05) is 36.7 Å². The lowest BCUT2D eigenvalue weighted by atomic mass is 9.67. The van der Waals surface area contributed by atoms with Gasteiger partial charge in [0.05, 0.1) is 16.6 Å². The molecule has 3 heterocycles. The van der Waals surface area contributed by atoms with Gasteiger partial charge >= 0.3 is 0 Å². The predicted octanol–water partition coefficient (Wildman–Crippen LogP) is 13.0. The second-order valence-corrected chi connectivity index (χ2v) is 16.2. The van der Waals surface area contributed by atoms with Gasteiger partial charge in [0.1, 0.15) is 12.0 Å². The second-order valence-electron chi connectivity index (χ2n) is 16.2. The van der Waals surface area contributed by atoms with Gasteiger partial charge in [-0.1, -0.05) is 182 Å². The van der Waals surface area contributed by atoms with Gasteiger partial charge in [-0.3, -0.25) is 4.98 Å². The summed E-state index contributed by atoms with van der Waals surface area (Å²) in [6.45, 7) is 0. The fraction of sp³-hybridized carbons (Fsp3) is 0.0345. The first-order chi connectivity index (χ1) is 31.2. The Hall–Kier alpha value is -8.28. The normalized spacial score (nSPS) is 15.0. The summed E-state index contributed by atoms with van der Waals surface area (Å²) in [5, 5.41) is 6.83. The Labute approximate surface area is 365 Å². The Morgan fingerprint density at radius 2 is 1.08 bits per heavy atom. The summed E-state index contributed by atoms with van der Waals surface area (Å²) >= 11 is 0. The minimum atomic E-state index is -0.538. The van der Waals surface area contributed by atoms with E-state index < -0.39 is 5.41 Å². The molecule has 10 aromatic rings. The average molecular weight is 806 g/mol. The molecule has 296 valence electrons. The zero-order valence-electron chi connectivity index (χ0n) is 34.2. The molecule has 5 nitrogen and oxygen atoms in total. The number of amidine groups is 2. The van der Waals surface area contributed by atoms with Gasteiger partial charge < -0.3 is 5.32 Å². The third kappa shape index (κ3) is 6.00. The Balaban J connectivity index is 1.16. The van der Waals surface area contributed by atoms with Crippen molar-refractivity contribution in [3.8, 4) is 33.5 Å². The van der Waals surface area contributed by atoms with E-state index in [0.717, 1.165) is 66.6 Å². The van der Waals surface area contributed by atoms with E-state index in [4.69, 9.17) is 15.0 Å². The summed E-state index contributed by atoms with van der Waals surface area (Å²) in [5.74, 6) is 1.41. The number of aromatic nitrogens is 2. The maximum atomic E-state index is 5.40. The number of benzene rings is 8. The smallest absolute Gasteiger partial charge is 0.159 e. The maximum absolute atomic E-state index is 5.40. The summed E-state index contributed by atoms with van der Waals surface area (Å²) in [5.41, 5.74) is 14.7. The molecule has 0 saturated heterocycles. The fourth-order valence-corrected chi connectivity index (χ4v) is 9.93. The lowest BCUT2D eigenvalue weighted by molar-refractivity contribution is 0.674. The topological polar surface area (TPSA) is 62.5 Å². The number of nitrogens with zero attached hydrogens (tertiary/aromatic N) is 4. The summed E-state index contributed by atoms with van der Waals surface area (Å²) in [7, 11) is 0. The molecule has 0 spiro atoms. The van der Waals surface area contributed by atoms with Crippen molar-refractivity contribution in [2.45, 2.75) is 11.6 Å². The zero-order chi connectivity index (χ0) is 41.7. The number of hydrogen-bond donors (Lipinski definition) is 1. The number of rotatable bonds is 7. The van der Waals surface area contributed by atoms with Crippen LogP contribution in [0.5, 0.6) is 0 Å². The minimum Gasteiger partial charge on any atom is -0.344 e. The molecule has 2 aliphatic rings. The van der Waals surface area contributed by atoms with Crippen LogP contribution in [-0.2, 0) is 5.41 Å². The lowest BCUT2D eigenvalue weighted by Crippen LogP contribution is -2.33. The van der Waals surface area contributed by atoms with Crippen LogP contribution in [0.2, 0.25) is 0 Å². The van der Waals surface area contributed by atoms with E-state index in [1.165, 1.54) is 33.4 Å². The molecule has 1 aliphatic carbocycles. The number of fused-ring (bicyclic) bond motifs is 6. The molecule has 0 radical (unpaired) electrons. The summed E-state index contributed by atoms with van der Waals surface area (Å²) < 4.78 is 0. The highest BCUT2D eigenvalue weighted by molar-refractivity contribution is 6.15. The molecule has 1 N–H and O–H groups in total. The standard InChI is InChI=1S/C58H39N5/c1-5-18-38(19-6-1)55-61-56(39-20-7-2-8-21-39)63-57(62-55)42-35-40(34-41(36-42)54-49-37-59-33-32-46(49)47-26-14-16-31-52(47)60-54)45-28-17-30-51-53(45)48-27-13-15-29-50(48)58(51,43-22-9-3-10-23-43)44-24-11-4-12-25-44/h1-37,55H,(H,61,62,63). The Morgan fingerprint density at radius 3 is 1.86 bits per heavy atom. The van der Waals surface area contributed by atoms with Crippen molar-refractivity contribution in [1.82, 2.24) is 15.3 Å². The van der Waals surface area contributed by atoms with Crippen LogP contribution >= 0.6 is 0 Å². The van der Waals surface area contributed by atoms with Gasteiger partial charge in [-0.15, -0.1) is 0 Å². The molecule has 8 aromatic carbocycles. The van der Waals surface area contributed by atoms with Gasteiger partial charge in [-0.05, 0) is 85.8 Å². The highest BCUT2D eigenvalue weighted by atomic mass is 15.2. The van der Waals surface area contributed by atoms with Crippen molar-refractivity contribution in [2.24, 2.45) is 9.98 Å². The molecular weight excluding hydrogens is 767 g/mol. The zero-order valence-corrected chi connectivity index (χ0v) is 34.2. The van der Waals surface area contributed by atoms with Crippen molar-refractivity contribution in [2.75, 3.05) is 0 Å². The van der Waals surface area contributed by atoms with Crippen molar-refractivity contribution < 1.29 is 0 Å². The van der Waals surface area contributed by atoms with E-state index >= 15 is 0 Å². The van der Waals surface area contributed by atoms with E-state index in [-0.39, 0.29) is 6.17 Å². The van der Waals surface area contributed by atoms with Crippen LogP contribution in [0, 0.1) is 0 Å². The quantitative estimate of drug-likeness (QED) is 0.163. The molecule has 2 aromatic heterocycles. The van der Waals surface area contributed by atoms with E-state index in [0.29, 0.717) is 5.84 Å². The molecule has 1 aliphatic heterocycles. The predicted molar refractivity (Wildman–Crippen MR) is 257 cm³/mol. The summed E-state index contributed by atoms with van der Waals surface area (Å²) in [4.78, 5) is 20.7. The number of para-hydroxylation sites is 1. The van der Waals surface area contributed by atoms with Gasteiger partial charge in [-0.25, -0.2) is 15.0 Å². The SMILES string of the molecule is c1ccc(C2=NC(c3cc(-c4cccc5c4-c4ccccc4C5(c4ccccc4)c4ccccc4)cc(-c4nc5ccccc5c5ccncc45)c3)=NC(c3ccccc3)N2)cc1. The molecule has 12 rings (SSSR count). The second kappa shape index (κ2) is 15.0. The van der Waals surface area contributed by atoms with E-state index in [9.17, 15) is 0 Å². The Kier molecular flexibility index (Phi) is 8.71. The van der Waals surface area contributed by atoms with Gasteiger partial charge in [0.2, 0.25) is 0 Å². The molecule has 63 heavy (non-hydrogen) atoms. The third-order valence-electron chi connectivity index (χ3n) is 12.7. The van der Waals surface area contributed by atoms with Crippen LogP contribution in [0.15, 0.2) is 235 Å². The van der Waals surface area contributed by atoms with Gasteiger partial charge in [0.25, 0.3) is 0 Å². The van der Waals surface area contributed by atoms with Crippen molar-refractivity contribution in [1.29, 1.82) is 0 Å². The van der Waals surface area contributed by atoms with E-state index in [2.05, 4.69) is 198 Å². The molecular formula is C58H39N5. The van der Waals surface area contributed by atoms with E-state index in [1.54, 1.807) is 0 Å². The number of hydrogen-bond acceptors (Lipinski definition) is 5. The molecule has 1 unspecified atom stereocenters. The number of nitrogens with one attached hydrogen (secondary N) is 1. The van der Waals surface area contributed by atoms with Crippen LogP contribution in [-0.4, -0.2) is 21.6 Å². The van der Waals surface area contributed by atoms with Gasteiger partial charge in [-0.2, -0.15) is 0 Å². The molecule has 0 saturated carbocycles. The van der Waals surface area contributed by atoms with Crippen molar-refractivity contribution >= 4 is 33.3 Å². The fourth-order valence-electron chi connectivity index (χ4n) is 9.93. The number of pyridine rings is 2. The van der Waals surface area contributed by atoms with Crippen LogP contribution in [0.1, 0.15) is 45.1 Å². The first kappa shape index (κ1) is 36.6. The average Bonchev–Trinajstić information content (AvgIpc) is 3.68. The monoisotopic (exact) mass is 805 g/mol. The first-order valence-electron chi connectivity index (χ1n) is 21.4. The van der Waals surface area contributed by atoms with Crippen LogP contribution < -0.4 is 5.32 Å². The lowest BCUT2D eigenvalue weighted by Gasteiger charge is -2.34. The van der Waals surface area contributed by atoms with Crippen molar-refractivity contribution in [3.05, 3.63) is 264 Å². The first-order valence-corrected chi connectivity index (χ1v) is 21.4. The van der Waals surface area contributed by atoms with Gasteiger partial charge in [0.15, 0.2) is 5.84 Å². The van der Waals surface area contributed by atoms with Crippen LogP contribution in [0.25, 0.3) is 55.2 Å². The Morgan fingerprint density at radius 1 is 0.460 bits per heavy atom. The highest BCUT2D eigenvalue weighted by Gasteiger charge is 2.46. The Bertz CT molecular complexity index is 3380. The van der Waals surface area contributed by atoms with Crippen molar-refractivity contribution in [3.63, 3.8) is 0 Å². The summed E-state index contributed by atoms with van der Waals surface area (Å²) in [6, 6.07) is 75.6. The molecule has 0 amide bonds. The van der Waals surface area contributed by atoms with Crippen LogP contribution in [0.4, 0.5) is 0 Å². The molecule has 0 bridgehead atoms. The third-order valence-corrected chi connectivity index (χ3v) is 12.7. The molecule has 1 atom stereocenters. The molecule has 0 fully saturated rings. The highest BCUT2D eigenvalue weighted by Crippen LogP contribution is 2.58. The largest absolute Gasteiger partial charge is 0.344 e.